The number of carbonyl (C=O) groups is 2. The van der Waals surface area contributed by atoms with Crippen molar-refractivity contribution in [2.24, 2.45) is 0 Å². The number of hydrogen-bond acceptors (Lipinski definition) is 9. The van der Waals surface area contributed by atoms with Gasteiger partial charge in [0.15, 0.2) is 0 Å². The van der Waals surface area contributed by atoms with Gasteiger partial charge < -0.3 is 29.3 Å². The SMILES string of the molecule is CC1(C)NC(=O)N(c2ccc(N3CCN(c4ccc(OC[C@@H]5CO[C@@](Cn6cncn6)(c6ccc(F)cc6F)O5)cc4)CC3)cc2)C1=O. The van der Waals surface area contributed by atoms with Crippen LogP contribution in [-0.2, 0) is 26.6 Å². The molecule has 0 saturated carbocycles. The Balaban J connectivity index is 0.925. The van der Waals surface area contributed by atoms with Crippen molar-refractivity contribution in [3.05, 3.63) is 96.6 Å². The standard InChI is InChI=1S/C34H35F2N7O5/c1-33(2)31(44)43(32(45)39-33)26-6-4-24(5-7-26)40-13-15-41(16-14-40)25-8-10-27(11-9-25)46-18-28-19-47-34(48-28,20-42-22-37-21-38-42)29-12-3-23(35)17-30(29)36/h3-12,17,21-22,28H,13-16,18-20H2,1-2H3,(H,39,45)/t28-,34-/m1/s1. The van der Waals surface area contributed by atoms with Crippen molar-refractivity contribution in [2.75, 3.05) is 54.1 Å². The van der Waals surface area contributed by atoms with Crippen molar-refractivity contribution in [3.8, 4) is 5.75 Å². The molecule has 14 heteroatoms. The summed E-state index contributed by atoms with van der Waals surface area (Å²) in [5, 5.41) is 6.80. The number of benzene rings is 3. The lowest BCUT2D eigenvalue weighted by Crippen LogP contribution is -2.46. The van der Waals surface area contributed by atoms with Crippen LogP contribution in [0, 0.1) is 11.6 Å². The normalized spacial score (nSPS) is 22.3. The number of piperazine rings is 1. The predicted octanol–water partition coefficient (Wildman–Crippen LogP) is 4.07. The minimum Gasteiger partial charge on any atom is -0.491 e. The topological polar surface area (TPSA) is 114 Å². The quantitative estimate of drug-likeness (QED) is 0.266. The van der Waals surface area contributed by atoms with E-state index in [1.54, 1.807) is 26.0 Å². The van der Waals surface area contributed by atoms with Gasteiger partial charge in [0.2, 0.25) is 5.79 Å². The summed E-state index contributed by atoms with van der Waals surface area (Å²) in [6, 6.07) is 18.2. The van der Waals surface area contributed by atoms with E-state index >= 15 is 0 Å². The summed E-state index contributed by atoms with van der Waals surface area (Å²) in [6.07, 6.45) is 2.32. The van der Waals surface area contributed by atoms with Gasteiger partial charge in [-0.2, -0.15) is 5.10 Å². The molecule has 2 atom stereocenters. The van der Waals surface area contributed by atoms with E-state index in [-0.39, 0.29) is 31.2 Å². The molecule has 7 rings (SSSR count). The Hall–Kier alpha value is -5.08. The summed E-state index contributed by atoms with van der Waals surface area (Å²) in [7, 11) is 0. The Morgan fingerprint density at radius 3 is 2.15 bits per heavy atom. The first-order valence-electron chi connectivity index (χ1n) is 15.7. The van der Waals surface area contributed by atoms with E-state index < -0.39 is 35.1 Å². The van der Waals surface area contributed by atoms with Crippen molar-refractivity contribution in [1.82, 2.24) is 20.1 Å². The van der Waals surface area contributed by atoms with Crippen LogP contribution in [0.3, 0.4) is 0 Å². The van der Waals surface area contributed by atoms with Gasteiger partial charge in [0.25, 0.3) is 5.91 Å². The van der Waals surface area contributed by atoms with Crippen LogP contribution in [0.5, 0.6) is 5.75 Å². The Labute approximate surface area is 275 Å². The van der Waals surface area contributed by atoms with Gasteiger partial charge in [0.1, 0.15) is 54.8 Å². The van der Waals surface area contributed by atoms with Crippen LogP contribution in [0.2, 0.25) is 0 Å². The molecular weight excluding hydrogens is 624 g/mol. The van der Waals surface area contributed by atoms with Gasteiger partial charge in [-0.3, -0.25) is 4.79 Å². The first kappa shape index (κ1) is 31.5. The number of halogens is 2. The van der Waals surface area contributed by atoms with Crippen molar-refractivity contribution in [3.63, 3.8) is 0 Å². The first-order chi connectivity index (χ1) is 23.1. The van der Waals surface area contributed by atoms with Crippen LogP contribution in [-0.4, -0.2) is 77.7 Å². The number of aromatic nitrogens is 3. The Kier molecular flexibility index (Phi) is 8.21. The first-order valence-corrected chi connectivity index (χ1v) is 15.7. The average Bonchev–Trinajstić information content (AvgIpc) is 3.79. The number of nitrogens with zero attached hydrogens (tertiary/aromatic N) is 6. The molecule has 3 aliphatic heterocycles. The zero-order valence-corrected chi connectivity index (χ0v) is 26.5. The van der Waals surface area contributed by atoms with Crippen LogP contribution in [0.1, 0.15) is 19.4 Å². The van der Waals surface area contributed by atoms with Gasteiger partial charge in [0, 0.05) is 49.2 Å². The van der Waals surface area contributed by atoms with Gasteiger partial charge in [-0.1, -0.05) is 0 Å². The molecule has 3 amide bonds. The molecule has 0 radical (unpaired) electrons. The highest BCUT2D eigenvalue weighted by molar-refractivity contribution is 6.23. The molecule has 48 heavy (non-hydrogen) atoms. The minimum absolute atomic E-state index is 0.0240. The fraction of sp³-hybridized carbons (Fsp3) is 0.353. The maximum absolute atomic E-state index is 14.9. The number of ether oxygens (including phenoxy) is 3. The van der Waals surface area contributed by atoms with Crippen LogP contribution in [0.25, 0.3) is 0 Å². The number of imide groups is 1. The second kappa shape index (κ2) is 12.5. The summed E-state index contributed by atoms with van der Waals surface area (Å²) >= 11 is 0. The van der Waals surface area contributed by atoms with Gasteiger partial charge in [0.05, 0.1) is 12.3 Å². The van der Waals surface area contributed by atoms with Crippen LogP contribution in [0.15, 0.2) is 79.4 Å². The lowest BCUT2D eigenvalue weighted by atomic mass is 10.0. The molecule has 1 N–H and O–H groups in total. The molecule has 0 unspecified atom stereocenters. The van der Waals surface area contributed by atoms with Crippen LogP contribution in [0.4, 0.5) is 30.6 Å². The fourth-order valence-electron chi connectivity index (χ4n) is 6.24. The maximum Gasteiger partial charge on any atom is 0.329 e. The predicted molar refractivity (Wildman–Crippen MR) is 172 cm³/mol. The highest BCUT2D eigenvalue weighted by atomic mass is 19.1. The molecule has 12 nitrogen and oxygen atoms in total. The minimum atomic E-state index is -1.52. The third-order valence-corrected chi connectivity index (χ3v) is 8.79. The van der Waals surface area contributed by atoms with E-state index in [4.69, 9.17) is 14.2 Å². The number of anilines is 3. The Bertz CT molecular complexity index is 1780. The zero-order chi connectivity index (χ0) is 33.5. The highest BCUT2D eigenvalue weighted by Gasteiger charge is 2.47. The maximum atomic E-state index is 14.9. The third kappa shape index (κ3) is 6.16. The average molecular weight is 660 g/mol. The van der Waals surface area contributed by atoms with Crippen molar-refractivity contribution >= 4 is 29.0 Å². The third-order valence-electron chi connectivity index (χ3n) is 8.79. The molecule has 4 aromatic rings. The molecular formula is C34H35F2N7O5. The summed E-state index contributed by atoms with van der Waals surface area (Å²) in [5.41, 5.74) is 1.79. The Morgan fingerprint density at radius 2 is 1.56 bits per heavy atom. The number of nitrogens with one attached hydrogen (secondary N) is 1. The molecule has 3 aliphatic rings. The van der Waals surface area contributed by atoms with Crippen molar-refractivity contribution in [2.45, 2.75) is 37.8 Å². The molecule has 0 bridgehead atoms. The van der Waals surface area contributed by atoms with Crippen molar-refractivity contribution in [1.29, 1.82) is 0 Å². The molecule has 250 valence electrons. The largest absolute Gasteiger partial charge is 0.491 e. The molecule has 4 heterocycles. The van der Waals surface area contributed by atoms with Crippen LogP contribution >= 0.6 is 0 Å². The smallest absolute Gasteiger partial charge is 0.329 e. The van der Waals surface area contributed by atoms with E-state index in [1.165, 1.54) is 34.4 Å². The van der Waals surface area contributed by atoms with Gasteiger partial charge in [-0.05, 0) is 74.5 Å². The van der Waals surface area contributed by atoms with Gasteiger partial charge in [-0.15, -0.1) is 0 Å². The highest BCUT2D eigenvalue weighted by Crippen LogP contribution is 2.38. The zero-order valence-electron chi connectivity index (χ0n) is 26.5. The summed E-state index contributed by atoms with van der Waals surface area (Å²) in [6.45, 7) is 6.93. The van der Waals surface area contributed by atoms with E-state index in [0.717, 1.165) is 43.6 Å². The number of rotatable bonds is 9. The molecule has 0 aliphatic carbocycles. The van der Waals surface area contributed by atoms with E-state index in [0.29, 0.717) is 11.4 Å². The Morgan fingerprint density at radius 1 is 0.917 bits per heavy atom. The fourth-order valence-corrected chi connectivity index (χ4v) is 6.24. The number of amides is 3. The van der Waals surface area contributed by atoms with E-state index in [1.807, 2.05) is 36.4 Å². The summed E-state index contributed by atoms with van der Waals surface area (Å²) in [4.78, 5) is 34.7. The molecule has 3 aromatic carbocycles. The summed E-state index contributed by atoms with van der Waals surface area (Å²) < 4.78 is 48.2. The second-order valence-electron chi connectivity index (χ2n) is 12.5. The summed E-state index contributed by atoms with van der Waals surface area (Å²) in [5.74, 6) is -2.61. The van der Waals surface area contributed by atoms with Gasteiger partial charge in [-0.25, -0.2) is 28.1 Å². The molecule has 3 saturated heterocycles. The monoisotopic (exact) mass is 659 g/mol. The lowest BCUT2D eigenvalue weighted by molar-refractivity contribution is -0.192. The van der Waals surface area contributed by atoms with Gasteiger partial charge >= 0.3 is 6.03 Å². The number of hydrogen-bond donors (Lipinski definition) is 1. The van der Waals surface area contributed by atoms with Crippen LogP contribution < -0.4 is 24.8 Å². The second-order valence-corrected chi connectivity index (χ2v) is 12.5. The number of carbonyl (C=O) groups excluding carboxylic acids is 2. The van der Waals surface area contributed by atoms with E-state index in [2.05, 4.69) is 25.2 Å². The lowest BCUT2D eigenvalue weighted by Gasteiger charge is -2.37. The number of urea groups is 1. The van der Waals surface area contributed by atoms with E-state index in [9.17, 15) is 18.4 Å². The molecule has 3 fully saturated rings. The molecule has 1 aromatic heterocycles. The van der Waals surface area contributed by atoms with Crippen molar-refractivity contribution < 1.29 is 32.6 Å². The molecule has 0 spiro atoms.